The van der Waals surface area contributed by atoms with Crippen molar-refractivity contribution in [2.24, 2.45) is 11.8 Å². The molecule has 2 heterocycles. The average Bonchev–Trinajstić information content (AvgIpc) is 3.24. The molecule has 1 saturated heterocycles. The normalized spacial score (nSPS) is 18.6. The zero-order valence-corrected chi connectivity index (χ0v) is 17.1. The van der Waals surface area contributed by atoms with Gasteiger partial charge in [-0.05, 0) is 79.7 Å². The summed E-state index contributed by atoms with van der Waals surface area (Å²) < 4.78 is 31.6. The first-order valence-corrected chi connectivity index (χ1v) is 10.5. The van der Waals surface area contributed by atoms with E-state index in [1.807, 2.05) is 6.07 Å². The Kier molecular flexibility index (Phi) is 6.72. The third-order valence-corrected chi connectivity index (χ3v) is 5.77. The van der Waals surface area contributed by atoms with Gasteiger partial charge in [-0.25, -0.2) is 8.78 Å². The summed E-state index contributed by atoms with van der Waals surface area (Å²) in [4.78, 5) is 12.5. The Bertz CT molecular complexity index is 1000. The van der Waals surface area contributed by atoms with Gasteiger partial charge in [-0.3, -0.25) is 4.79 Å². The lowest BCUT2D eigenvalue weighted by Gasteiger charge is -2.31. The molecule has 162 valence electrons. The van der Waals surface area contributed by atoms with E-state index >= 15 is 0 Å². The van der Waals surface area contributed by atoms with Crippen molar-refractivity contribution in [3.8, 4) is 11.3 Å². The van der Waals surface area contributed by atoms with E-state index in [0.717, 1.165) is 36.3 Å². The fraction of sp³-hybridized carbons (Fsp3) is 0.333. The van der Waals surface area contributed by atoms with Gasteiger partial charge in [-0.1, -0.05) is 17.3 Å². The van der Waals surface area contributed by atoms with Gasteiger partial charge in [-0.15, -0.1) is 0 Å². The quantitative estimate of drug-likeness (QED) is 0.598. The van der Waals surface area contributed by atoms with Crippen LogP contribution in [0.1, 0.15) is 24.1 Å². The molecular weight excluding hydrogens is 400 g/mol. The number of amides is 1. The summed E-state index contributed by atoms with van der Waals surface area (Å²) in [6.07, 6.45) is 2.06. The van der Waals surface area contributed by atoms with Gasteiger partial charge in [0.1, 0.15) is 11.6 Å². The van der Waals surface area contributed by atoms with Crippen LogP contribution in [-0.2, 0) is 17.8 Å². The van der Waals surface area contributed by atoms with Crippen LogP contribution in [0, 0.1) is 23.5 Å². The van der Waals surface area contributed by atoms with Crippen LogP contribution < -0.4 is 10.6 Å². The van der Waals surface area contributed by atoms with Crippen molar-refractivity contribution in [3.05, 3.63) is 77.5 Å². The Balaban J connectivity index is 1.33. The molecule has 5 nitrogen and oxygen atoms in total. The molecule has 2 N–H and O–H groups in total. The van der Waals surface area contributed by atoms with Crippen LogP contribution in [0.5, 0.6) is 0 Å². The van der Waals surface area contributed by atoms with Crippen molar-refractivity contribution in [1.29, 1.82) is 0 Å². The van der Waals surface area contributed by atoms with E-state index in [1.165, 1.54) is 24.3 Å². The van der Waals surface area contributed by atoms with E-state index in [9.17, 15) is 13.6 Å². The van der Waals surface area contributed by atoms with Crippen molar-refractivity contribution in [2.45, 2.75) is 25.8 Å². The maximum atomic E-state index is 13.1. The lowest BCUT2D eigenvalue weighted by Crippen LogP contribution is -2.40. The molecular formula is C24H25F2N3O2. The maximum Gasteiger partial charge on any atom is 0.220 e. The molecule has 0 radical (unpaired) electrons. The molecule has 3 aromatic rings. The number of hydrogen-bond donors (Lipinski definition) is 2. The van der Waals surface area contributed by atoms with E-state index in [0.29, 0.717) is 25.1 Å². The van der Waals surface area contributed by atoms with Gasteiger partial charge in [0.2, 0.25) is 5.91 Å². The number of nitrogens with one attached hydrogen (secondary N) is 2. The molecule has 1 aromatic heterocycles. The highest BCUT2D eigenvalue weighted by Gasteiger charge is 2.28. The number of nitrogens with zero attached hydrogens (tertiary/aromatic N) is 1. The smallest absolute Gasteiger partial charge is 0.220 e. The van der Waals surface area contributed by atoms with Crippen molar-refractivity contribution in [2.75, 3.05) is 13.1 Å². The number of halogens is 2. The minimum absolute atomic E-state index is 0.00613. The second kappa shape index (κ2) is 9.83. The van der Waals surface area contributed by atoms with E-state index < -0.39 is 0 Å². The Morgan fingerprint density at radius 2 is 1.77 bits per heavy atom. The highest BCUT2D eigenvalue weighted by atomic mass is 19.1. The predicted molar refractivity (Wildman–Crippen MR) is 113 cm³/mol. The largest absolute Gasteiger partial charge is 0.356 e. The van der Waals surface area contributed by atoms with Crippen LogP contribution in [0.15, 0.2) is 59.1 Å². The predicted octanol–water partition coefficient (Wildman–Crippen LogP) is 4.09. The molecule has 2 aromatic carbocycles. The molecule has 4 rings (SSSR count). The lowest BCUT2D eigenvalue weighted by molar-refractivity contribution is -0.122. The summed E-state index contributed by atoms with van der Waals surface area (Å²) in [5.74, 6) is 0.512. The summed E-state index contributed by atoms with van der Waals surface area (Å²) in [7, 11) is 0. The molecule has 1 amide bonds. The SMILES string of the molecule is O=C(C[C@H]1CCNC[C@@H]1Cc1cc(-c2ccc(F)cc2)on1)NCc1ccc(F)cc1. The van der Waals surface area contributed by atoms with Crippen LogP contribution in [0.3, 0.4) is 0 Å². The highest BCUT2D eigenvalue weighted by molar-refractivity contribution is 5.76. The van der Waals surface area contributed by atoms with Gasteiger partial charge in [0.15, 0.2) is 5.76 Å². The van der Waals surface area contributed by atoms with Crippen LogP contribution in [0.25, 0.3) is 11.3 Å². The Labute approximate surface area is 179 Å². The van der Waals surface area contributed by atoms with Gasteiger partial charge >= 0.3 is 0 Å². The molecule has 0 bridgehead atoms. The van der Waals surface area contributed by atoms with Gasteiger partial charge in [0.25, 0.3) is 0 Å². The van der Waals surface area contributed by atoms with Crippen LogP contribution >= 0.6 is 0 Å². The third kappa shape index (κ3) is 5.76. The summed E-state index contributed by atoms with van der Waals surface area (Å²) >= 11 is 0. The first-order chi connectivity index (χ1) is 15.1. The van der Waals surface area contributed by atoms with Crippen LogP contribution in [-0.4, -0.2) is 24.2 Å². The second-order valence-electron chi connectivity index (χ2n) is 8.01. The number of rotatable bonds is 7. The fourth-order valence-electron chi connectivity index (χ4n) is 4.02. The molecule has 1 fully saturated rings. The molecule has 31 heavy (non-hydrogen) atoms. The molecule has 0 aliphatic carbocycles. The lowest BCUT2D eigenvalue weighted by atomic mass is 9.81. The number of carbonyl (C=O) groups is 1. The molecule has 0 spiro atoms. The topological polar surface area (TPSA) is 67.2 Å². The molecule has 0 unspecified atom stereocenters. The van der Waals surface area contributed by atoms with Gasteiger partial charge in [0.05, 0.1) is 5.69 Å². The first-order valence-electron chi connectivity index (χ1n) is 10.5. The number of benzene rings is 2. The second-order valence-corrected chi connectivity index (χ2v) is 8.01. The summed E-state index contributed by atoms with van der Waals surface area (Å²) in [6.45, 7) is 2.08. The summed E-state index contributed by atoms with van der Waals surface area (Å²) in [6, 6.07) is 14.1. The van der Waals surface area contributed by atoms with Crippen molar-refractivity contribution in [1.82, 2.24) is 15.8 Å². The van der Waals surface area contributed by atoms with Crippen molar-refractivity contribution >= 4 is 5.91 Å². The van der Waals surface area contributed by atoms with Crippen LogP contribution in [0.4, 0.5) is 8.78 Å². The number of piperidine rings is 1. The van der Waals surface area contributed by atoms with E-state index in [-0.39, 0.29) is 29.4 Å². The third-order valence-electron chi connectivity index (χ3n) is 5.77. The standard InChI is InChI=1S/C24H25F2N3O2/c25-20-5-1-16(2-6-20)14-28-24(30)12-18-9-10-27-15-19(18)11-22-13-23(31-29-22)17-3-7-21(26)8-4-17/h1-8,13,18-19,27H,9-12,14-15H2,(H,28,30)/t18-,19+/m1/s1. The van der Waals surface area contributed by atoms with Gasteiger partial charge < -0.3 is 15.2 Å². The number of carbonyl (C=O) groups excluding carboxylic acids is 1. The van der Waals surface area contributed by atoms with Crippen molar-refractivity contribution < 1.29 is 18.1 Å². The number of aromatic nitrogens is 1. The minimum Gasteiger partial charge on any atom is -0.356 e. The fourth-order valence-corrected chi connectivity index (χ4v) is 4.02. The van der Waals surface area contributed by atoms with Crippen LogP contribution in [0.2, 0.25) is 0 Å². The first kappa shape index (κ1) is 21.2. The minimum atomic E-state index is -0.294. The summed E-state index contributed by atoms with van der Waals surface area (Å²) in [5.41, 5.74) is 2.47. The summed E-state index contributed by atoms with van der Waals surface area (Å²) in [5, 5.41) is 10.5. The molecule has 1 aliphatic rings. The Morgan fingerprint density at radius 3 is 2.52 bits per heavy atom. The Hall–Kier alpha value is -3.06. The van der Waals surface area contributed by atoms with E-state index in [4.69, 9.17) is 4.52 Å². The van der Waals surface area contributed by atoms with Gasteiger partial charge in [0, 0.05) is 24.6 Å². The van der Waals surface area contributed by atoms with E-state index in [1.54, 1.807) is 24.3 Å². The average molecular weight is 425 g/mol. The zero-order valence-electron chi connectivity index (χ0n) is 17.1. The Morgan fingerprint density at radius 1 is 1.06 bits per heavy atom. The molecule has 0 saturated carbocycles. The molecule has 1 aliphatic heterocycles. The van der Waals surface area contributed by atoms with E-state index in [2.05, 4.69) is 15.8 Å². The molecule has 7 heteroatoms. The maximum absolute atomic E-state index is 13.1. The molecule has 2 atom stereocenters. The number of hydrogen-bond acceptors (Lipinski definition) is 4. The zero-order chi connectivity index (χ0) is 21.6. The van der Waals surface area contributed by atoms with Gasteiger partial charge in [-0.2, -0.15) is 0 Å². The monoisotopic (exact) mass is 425 g/mol. The highest BCUT2D eigenvalue weighted by Crippen LogP contribution is 2.28. The van der Waals surface area contributed by atoms with Crippen molar-refractivity contribution in [3.63, 3.8) is 0 Å².